The highest BCUT2D eigenvalue weighted by atomic mass is 19.1. The fourth-order valence-corrected chi connectivity index (χ4v) is 2.00. The van der Waals surface area contributed by atoms with Crippen LogP contribution >= 0.6 is 0 Å². The molecule has 128 valence electrons. The van der Waals surface area contributed by atoms with E-state index in [0.717, 1.165) is 6.08 Å². The predicted octanol–water partition coefficient (Wildman–Crippen LogP) is 3.07. The Kier molecular flexibility index (Phi) is 5.69. The summed E-state index contributed by atoms with van der Waals surface area (Å²) in [4.78, 5) is 17.9. The maximum atomic E-state index is 14.0. The van der Waals surface area contributed by atoms with Gasteiger partial charge >= 0.3 is 0 Å². The van der Waals surface area contributed by atoms with Crippen molar-refractivity contribution in [3.05, 3.63) is 53.6 Å². The predicted molar refractivity (Wildman–Crippen MR) is 96.1 cm³/mol. The van der Waals surface area contributed by atoms with Crippen molar-refractivity contribution in [1.29, 1.82) is 5.26 Å². The lowest BCUT2D eigenvalue weighted by molar-refractivity contribution is -0.114. The van der Waals surface area contributed by atoms with Crippen LogP contribution in [0.25, 0.3) is 6.08 Å². The van der Waals surface area contributed by atoms with Crippen molar-refractivity contribution < 1.29 is 9.18 Å². The Morgan fingerprint density at radius 3 is 2.76 bits per heavy atom. The largest absolute Gasteiger partial charge is 0.369 e. The Morgan fingerprint density at radius 1 is 1.40 bits per heavy atom. The molecule has 0 unspecified atom stereocenters. The number of halogens is 1. The van der Waals surface area contributed by atoms with Crippen molar-refractivity contribution in [2.24, 2.45) is 12.0 Å². The van der Waals surface area contributed by atoms with Gasteiger partial charge in [-0.05, 0) is 30.3 Å². The molecule has 25 heavy (non-hydrogen) atoms. The summed E-state index contributed by atoms with van der Waals surface area (Å²) in [5.41, 5.74) is 1.64. The number of rotatable bonds is 5. The minimum Gasteiger partial charge on any atom is -0.369 e. The summed E-state index contributed by atoms with van der Waals surface area (Å²) in [5.74, 6) is -1.80. The van der Waals surface area contributed by atoms with Crippen molar-refractivity contribution >= 4 is 29.7 Å². The number of nitrogens with one attached hydrogen (secondary N) is 1. The number of hydrogen-bond donors (Lipinski definition) is 1. The van der Waals surface area contributed by atoms with Gasteiger partial charge in [-0.2, -0.15) is 5.26 Å². The maximum Gasteiger partial charge on any atom is 0.284 e. The van der Waals surface area contributed by atoms with Crippen molar-refractivity contribution in [3.63, 3.8) is 0 Å². The Hall–Kier alpha value is -3.40. The van der Waals surface area contributed by atoms with Crippen LogP contribution in [0.2, 0.25) is 0 Å². The molecule has 6 nitrogen and oxygen atoms in total. The molecule has 0 radical (unpaired) electrons. The molecule has 2 aromatic rings. The number of nitriles is 1. The van der Waals surface area contributed by atoms with Crippen molar-refractivity contribution in [3.8, 4) is 6.07 Å². The van der Waals surface area contributed by atoms with Crippen molar-refractivity contribution in [2.75, 3.05) is 19.4 Å². The number of anilines is 1. The highest BCUT2D eigenvalue weighted by Crippen LogP contribution is 2.23. The van der Waals surface area contributed by atoms with Crippen LogP contribution < -0.4 is 5.32 Å². The second-order valence-corrected chi connectivity index (χ2v) is 5.54. The highest BCUT2D eigenvalue weighted by Gasteiger charge is 2.11. The van der Waals surface area contributed by atoms with Crippen molar-refractivity contribution in [2.45, 2.75) is 0 Å². The molecule has 0 aliphatic heterocycles. The van der Waals surface area contributed by atoms with Crippen LogP contribution in [0.5, 0.6) is 0 Å². The molecule has 0 bridgehead atoms. The highest BCUT2D eigenvalue weighted by molar-refractivity contribution is 6.05. The number of amides is 1. The van der Waals surface area contributed by atoms with Gasteiger partial charge in [0, 0.05) is 44.8 Å². The fraction of sp³-hybridized carbons (Fsp3) is 0.167. The number of aryl methyl sites for hydroxylation is 1. The Labute approximate surface area is 145 Å². The molecular weight excluding hydrogens is 321 g/mol. The standard InChI is InChI=1S/C18H18FN5O/c1-23(2)12-21-17-7-6-14(9-13(17)11-20)22-18(25)16(19)10-15-5-4-8-24(15)3/h4-10,12H,1-3H3,(H,22,25)/b16-10+,21-12?. The molecule has 1 heterocycles. The van der Waals surface area contributed by atoms with Crippen LogP contribution in [0.3, 0.4) is 0 Å². The number of carbonyl (C=O) groups is 1. The number of carbonyl (C=O) groups excluding carboxylic acids is 1. The first-order valence-electron chi connectivity index (χ1n) is 7.45. The van der Waals surface area contributed by atoms with Gasteiger partial charge in [0.2, 0.25) is 0 Å². The molecular formula is C18H18FN5O. The zero-order valence-corrected chi connectivity index (χ0v) is 14.2. The van der Waals surface area contributed by atoms with Crippen LogP contribution in [0.4, 0.5) is 15.8 Å². The van der Waals surface area contributed by atoms with E-state index in [9.17, 15) is 14.4 Å². The number of aromatic nitrogens is 1. The topological polar surface area (TPSA) is 73.4 Å². The third-order valence-electron chi connectivity index (χ3n) is 3.28. The molecule has 0 aliphatic carbocycles. The average molecular weight is 339 g/mol. The molecule has 2 rings (SSSR count). The summed E-state index contributed by atoms with van der Waals surface area (Å²) in [7, 11) is 5.38. The minimum absolute atomic E-state index is 0.280. The van der Waals surface area contributed by atoms with Gasteiger partial charge in [0.1, 0.15) is 6.07 Å². The van der Waals surface area contributed by atoms with E-state index in [1.54, 1.807) is 53.3 Å². The van der Waals surface area contributed by atoms with Gasteiger partial charge in [-0.1, -0.05) is 0 Å². The first-order valence-corrected chi connectivity index (χ1v) is 7.45. The smallest absolute Gasteiger partial charge is 0.284 e. The molecule has 1 N–H and O–H groups in total. The third-order valence-corrected chi connectivity index (χ3v) is 3.28. The molecule has 1 aromatic heterocycles. The van der Waals surface area contributed by atoms with E-state index in [1.807, 2.05) is 20.2 Å². The summed E-state index contributed by atoms with van der Waals surface area (Å²) in [5, 5.41) is 11.7. The Morgan fingerprint density at radius 2 is 2.16 bits per heavy atom. The van der Waals surface area contributed by atoms with Gasteiger partial charge in [0.15, 0.2) is 5.83 Å². The molecule has 1 aromatic carbocycles. The van der Waals surface area contributed by atoms with E-state index in [0.29, 0.717) is 17.1 Å². The van der Waals surface area contributed by atoms with E-state index >= 15 is 0 Å². The molecule has 0 fully saturated rings. The zero-order valence-electron chi connectivity index (χ0n) is 14.2. The van der Waals surface area contributed by atoms with E-state index in [1.165, 1.54) is 6.07 Å². The molecule has 7 heteroatoms. The van der Waals surface area contributed by atoms with Crippen LogP contribution in [-0.2, 0) is 11.8 Å². The summed E-state index contributed by atoms with van der Waals surface area (Å²) in [6.07, 6.45) is 4.47. The van der Waals surface area contributed by atoms with Gasteiger partial charge in [-0.15, -0.1) is 0 Å². The lowest BCUT2D eigenvalue weighted by Crippen LogP contribution is -2.12. The molecule has 0 atom stereocenters. The Balaban J connectivity index is 2.17. The number of benzene rings is 1. The molecule has 1 amide bonds. The van der Waals surface area contributed by atoms with Gasteiger partial charge in [0.25, 0.3) is 5.91 Å². The first-order chi connectivity index (χ1) is 11.9. The van der Waals surface area contributed by atoms with E-state index < -0.39 is 11.7 Å². The molecule has 0 saturated carbocycles. The van der Waals surface area contributed by atoms with Crippen LogP contribution in [-0.4, -0.2) is 35.8 Å². The van der Waals surface area contributed by atoms with Gasteiger partial charge in [-0.25, -0.2) is 9.38 Å². The lowest BCUT2D eigenvalue weighted by atomic mass is 10.1. The SMILES string of the molecule is CN(C)C=Nc1ccc(NC(=O)/C(F)=C\c2cccn2C)cc1C#N. The monoisotopic (exact) mass is 339 g/mol. The molecule has 0 saturated heterocycles. The van der Waals surface area contributed by atoms with Gasteiger partial charge in [0.05, 0.1) is 17.6 Å². The van der Waals surface area contributed by atoms with Crippen LogP contribution in [0.15, 0.2) is 47.3 Å². The van der Waals surface area contributed by atoms with Gasteiger partial charge in [-0.3, -0.25) is 4.79 Å². The van der Waals surface area contributed by atoms with Crippen LogP contribution in [0.1, 0.15) is 11.3 Å². The van der Waals surface area contributed by atoms with Gasteiger partial charge < -0.3 is 14.8 Å². The quantitative estimate of drug-likeness (QED) is 0.517. The Bertz CT molecular complexity index is 874. The average Bonchev–Trinajstić information content (AvgIpc) is 2.98. The third kappa shape index (κ3) is 4.78. The fourth-order valence-electron chi connectivity index (χ4n) is 2.00. The molecule has 0 aliphatic rings. The van der Waals surface area contributed by atoms with Crippen LogP contribution in [0, 0.1) is 11.3 Å². The number of aliphatic imine (C=N–C) groups is 1. The summed E-state index contributed by atoms with van der Waals surface area (Å²) in [6, 6.07) is 10.1. The minimum atomic E-state index is -0.921. The molecule has 0 spiro atoms. The second kappa shape index (κ2) is 7.93. The number of nitrogens with zero attached hydrogens (tertiary/aromatic N) is 4. The summed E-state index contributed by atoms with van der Waals surface area (Å²) < 4.78 is 15.7. The van der Waals surface area contributed by atoms with E-state index in [4.69, 9.17) is 0 Å². The van der Waals surface area contributed by atoms with E-state index in [2.05, 4.69) is 10.3 Å². The summed E-state index contributed by atoms with van der Waals surface area (Å²) in [6.45, 7) is 0. The summed E-state index contributed by atoms with van der Waals surface area (Å²) >= 11 is 0. The maximum absolute atomic E-state index is 14.0. The lowest BCUT2D eigenvalue weighted by Gasteiger charge is -2.07. The second-order valence-electron chi connectivity index (χ2n) is 5.54. The van der Waals surface area contributed by atoms with E-state index in [-0.39, 0.29) is 5.56 Å². The zero-order chi connectivity index (χ0) is 18.4. The first kappa shape index (κ1) is 17.9. The van der Waals surface area contributed by atoms with Crippen molar-refractivity contribution in [1.82, 2.24) is 9.47 Å². The normalized spacial score (nSPS) is 11.4. The number of hydrogen-bond acceptors (Lipinski definition) is 3.